The number of aryl methyl sites for hydroxylation is 1. The Labute approximate surface area is 115 Å². The number of halogens is 1. The summed E-state index contributed by atoms with van der Waals surface area (Å²) in [6.45, 7) is 0. The largest absolute Gasteiger partial charge is 0.386 e. The summed E-state index contributed by atoms with van der Waals surface area (Å²) in [7, 11) is 1.87. The molecule has 1 fully saturated rings. The quantitative estimate of drug-likeness (QED) is 0.947. The molecule has 3 rings (SSSR count). The van der Waals surface area contributed by atoms with E-state index >= 15 is 0 Å². The Morgan fingerprint density at radius 3 is 2.50 bits per heavy atom. The van der Waals surface area contributed by atoms with E-state index in [4.69, 9.17) is 0 Å². The molecule has 1 N–H and O–H groups in total. The molecule has 1 aromatic heterocycles. The minimum atomic E-state index is -0.512. The van der Waals surface area contributed by atoms with Gasteiger partial charge in [-0.1, -0.05) is 30.3 Å². The fraction of sp³-hybridized carbons (Fsp3) is 0.357. The van der Waals surface area contributed by atoms with Crippen molar-refractivity contribution in [3.05, 3.63) is 52.3 Å². The zero-order chi connectivity index (χ0) is 12.8. The van der Waals surface area contributed by atoms with Crippen LogP contribution in [-0.2, 0) is 12.5 Å². The third-order valence-electron chi connectivity index (χ3n) is 3.86. The van der Waals surface area contributed by atoms with Gasteiger partial charge in [-0.25, -0.2) is 0 Å². The number of aliphatic hydroxyl groups is 1. The maximum atomic E-state index is 10.7. The van der Waals surface area contributed by atoms with Crippen molar-refractivity contribution in [3.8, 4) is 0 Å². The van der Waals surface area contributed by atoms with Crippen molar-refractivity contribution in [3.63, 3.8) is 0 Å². The van der Waals surface area contributed by atoms with Gasteiger partial charge in [0, 0.05) is 12.5 Å². The van der Waals surface area contributed by atoms with Crippen LogP contribution in [0.4, 0.5) is 0 Å². The zero-order valence-corrected chi connectivity index (χ0v) is 11.8. The maximum absolute atomic E-state index is 10.7. The van der Waals surface area contributed by atoms with Gasteiger partial charge >= 0.3 is 0 Å². The average Bonchev–Trinajstić information content (AvgIpc) is 3.13. The molecule has 18 heavy (non-hydrogen) atoms. The summed E-state index contributed by atoms with van der Waals surface area (Å²) in [5.74, 6) is 0. The molecule has 0 saturated heterocycles. The summed E-state index contributed by atoms with van der Waals surface area (Å²) >= 11 is 3.47. The summed E-state index contributed by atoms with van der Waals surface area (Å²) < 4.78 is 2.62. The topological polar surface area (TPSA) is 38.0 Å². The van der Waals surface area contributed by atoms with Crippen molar-refractivity contribution < 1.29 is 5.11 Å². The normalized spacial score (nSPS) is 18.6. The van der Waals surface area contributed by atoms with E-state index < -0.39 is 6.10 Å². The van der Waals surface area contributed by atoms with Crippen LogP contribution in [0.5, 0.6) is 0 Å². The Morgan fingerprint density at radius 1 is 1.33 bits per heavy atom. The van der Waals surface area contributed by atoms with E-state index in [0.29, 0.717) is 0 Å². The molecule has 0 bridgehead atoms. The molecule has 1 saturated carbocycles. The van der Waals surface area contributed by atoms with Crippen LogP contribution in [0.3, 0.4) is 0 Å². The van der Waals surface area contributed by atoms with Crippen LogP contribution in [0.1, 0.15) is 30.2 Å². The Balaban J connectivity index is 2.01. The van der Waals surface area contributed by atoms with Gasteiger partial charge in [0.1, 0.15) is 6.10 Å². The Kier molecular flexibility index (Phi) is 2.79. The van der Waals surface area contributed by atoms with E-state index in [0.717, 1.165) is 23.0 Å². The molecule has 0 spiro atoms. The first-order valence-corrected chi connectivity index (χ1v) is 6.85. The molecule has 1 unspecified atom stereocenters. The second-order valence-electron chi connectivity index (χ2n) is 4.93. The van der Waals surface area contributed by atoms with Gasteiger partial charge in [-0.2, -0.15) is 5.10 Å². The van der Waals surface area contributed by atoms with Crippen molar-refractivity contribution in [2.45, 2.75) is 24.4 Å². The smallest absolute Gasteiger partial charge is 0.106 e. The van der Waals surface area contributed by atoms with Gasteiger partial charge < -0.3 is 5.11 Å². The zero-order valence-electron chi connectivity index (χ0n) is 10.2. The molecular formula is C14H15BrN2O. The van der Waals surface area contributed by atoms with Crippen LogP contribution in [0.15, 0.2) is 41.0 Å². The number of hydrogen-bond donors (Lipinski definition) is 1. The third-order valence-corrected chi connectivity index (χ3v) is 4.47. The SMILES string of the molecule is Cn1ncc(Br)c1C(O)C1(c2ccccc2)CC1. The van der Waals surface area contributed by atoms with Crippen molar-refractivity contribution >= 4 is 15.9 Å². The number of aromatic nitrogens is 2. The molecule has 4 heteroatoms. The second kappa shape index (κ2) is 4.21. The standard InChI is InChI=1S/C14H15BrN2O/c1-17-12(11(15)9-16-17)13(18)14(7-8-14)10-5-3-2-4-6-10/h2-6,9,13,18H,7-8H2,1H3. The highest BCUT2D eigenvalue weighted by molar-refractivity contribution is 9.10. The highest BCUT2D eigenvalue weighted by Gasteiger charge is 2.52. The van der Waals surface area contributed by atoms with Crippen LogP contribution in [0.25, 0.3) is 0 Å². The summed E-state index contributed by atoms with van der Waals surface area (Å²) in [4.78, 5) is 0. The summed E-state index contributed by atoms with van der Waals surface area (Å²) in [6, 6.07) is 10.3. The summed E-state index contributed by atoms with van der Waals surface area (Å²) in [5, 5.41) is 14.9. The maximum Gasteiger partial charge on any atom is 0.106 e. The first kappa shape index (κ1) is 11.9. The molecule has 1 aliphatic carbocycles. The summed E-state index contributed by atoms with van der Waals surface area (Å²) in [5.41, 5.74) is 1.94. The number of aliphatic hydroxyl groups excluding tert-OH is 1. The second-order valence-corrected chi connectivity index (χ2v) is 5.78. The molecule has 0 amide bonds. The number of hydrogen-bond acceptors (Lipinski definition) is 2. The predicted molar refractivity (Wildman–Crippen MR) is 73.2 cm³/mol. The van der Waals surface area contributed by atoms with Crippen LogP contribution in [0.2, 0.25) is 0 Å². The van der Waals surface area contributed by atoms with Gasteiger partial charge in [0.05, 0.1) is 16.4 Å². The molecule has 1 atom stereocenters. The van der Waals surface area contributed by atoms with Crippen LogP contribution in [0, 0.1) is 0 Å². The number of benzene rings is 1. The third kappa shape index (κ3) is 1.71. The monoisotopic (exact) mass is 306 g/mol. The molecule has 0 aliphatic heterocycles. The number of nitrogens with zero attached hydrogens (tertiary/aromatic N) is 2. The van der Waals surface area contributed by atoms with Gasteiger partial charge in [-0.15, -0.1) is 0 Å². The Bertz CT molecular complexity index is 541. The number of rotatable bonds is 3. The van der Waals surface area contributed by atoms with Gasteiger partial charge in [0.25, 0.3) is 0 Å². The van der Waals surface area contributed by atoms with Crippen molar-refractivity contribution in [2.75, 3.05) is 0 Å². The minimum Gasteiger partial charge on any atom is -0.386 e. The Morgan fingerprint density at radius 2 is 2.00 bits per heavy atom. The fourth-order valence-corrected chi connectivity index (χ4v) is 3.18. The van der Waals surface area contributed by atoms with E-state index in [1.807, 2.05) is 25.2 Å². The molecule has 1 aromatic carbocycles. The van der Waals surface area contributed by atoms with E-state index in [1.165, 1.54) is 5.56 Å². The van der Waals surface area contributed by atoms with E-state index in [1.54, 1.807) is 10.9 Å². The lowest BCUT2D eigenvalue weighted by Crippen LogP contribution is -2.21. The molecule has 0 radical (unpaired) electrons. The minimum absolute atomic E-state index is 0.127. The van der Waals surface area contributed by atoms with Crippen molar-refractivity contribution in [2.24, 2.45) is 7.05 Å². The van der Waals surface area contributed by atoms with Gasteiger partial charge in [-0.3, -0.25) is 4.68 Å². The molecule has 94 valence electrons. The lowest BCUT2D eigenvalue weighted by Gasteiger charge is -2.23. The molecule has 2 aromatic rings. The van der Waals surface area contributed by atoms with Crippen LogP contribution >= 0.6 is 15.9 Å². The van der Waals surface area contributed by atoms with Crippen molar-refractivity contribution in [1.82, 2.24) is 9.78 Å². The van der Waals surface area contributed by atoms with Crippen LogP contribution < -0.4 is 0 Å². The fourth-order valence-electron chi connectivity index (χ4n) is 2.61. The Hall–Kier alpha value is -1.13. The van der Waals surface area contributed by atoms with Gasteiger partial charge in [0.15, 0.2) is 0 Å². The van der Waals surface area contributed by atoms with Crippen LogP contribution in [-0.4, -0.2) is 14.9 Å². The first-order valence-electron chi connectivity index (χ1n) is 6.06. The molecule has 1 heterocycles. The molecule has 3 nitrogen and oxygen atoms in total. The lowest BCUT2D eigenvalue weighted by molar-refractivity contribution is 0.123. The van der Waals surface area contributed by atoms with Gasteiger partial charge in [-0.05, 0) is 34.3 Å². The van der Waals surface area contributed by atoms with Crippen molar-refractivity contribution in [1.29, 1.82) is 0 Å². The summed E-state index contributed by atoms with van der Waals surface area (Å²) in [6.07, 6.45) is 3.27. The van der Waals surface area contributed by atoms with E-state index in [-0.39, 0.29) is 5.41 Å². The highest BCUT2D eigenvalue weighted by Crippen LogP contribution is 2.57. The van der Waals surface area contributed by atoms with E-state index in [2.05, 4.69) is 33.2 Å². The van der Waals surface area contributed by atoms with E-state index in [9.17, 15) is 5.11 Å². The lowest BCUT2D eigenvalue weighted by atomic mass is 9.88. The highest BCUT2D eigenvalue weighted by atomic mass is 79.9. The van der Waals surface area contributed by atoms with Gasteiger partial charge in [0.2, 0.25) is 0 Å². The first-order chi connectivity index (χ1) is 8.65. The predicted octanol–water partition coefficient (Wildman–Crippen LogP) is 2.95. The molecular weight excluding hydrogens is 292 g/mol. The molecule has 1 aliphatic rings. The average molecular weight is 307 g/mol.